The number of carbonyl (C=O) groups is 2. The van der Waals surface area contributed by atoms with Gasteiger partial charge in [0.05, 0.1) is 12.8 Å². The second kappa shape index (κ2) is 5.96. The van der Waals surface area contributed by atoms with E-state index in [9.17, 15) is 9.59 Å². The zero-order valence-corrected chi connectivity index (χ0v) is 12.7. The van der Waals surface area contributed by atoms with E-state index in [0.29, 0.717) is 21.5 Å². The molecular formula is C13H11BrN2O5. The summed E-state index contributed by atoms with van der Waals surface area (Å²) in [6.45, 7) is 1.36. The highest BCUT2D eigenvalue weighted by Gasteiger charge is 2.20. The summed E-state index contributed by atoms with van der Waals surface area (Å²) in [7, 11) is 1.46. The number of nitrogens with one attached hydrogen (secondary N) is 1. The van der Waals surface area contributed by atoms with Gasteiger partial charge in [-0.1, -0.05) is 21.1 Å². The predicted octanol–water partition coefficient (Wildman–Crippen LogP) is 2.77. The maximum Gasteiger partial charge on any atom is 0.374 e. The van der Waals surface area contributed by atoms with E-state index in [1.807, 2.05) is 0 Å². The Morgan fingerprint density at radius 2 is 2.14 bits per heavy atom. The Morgan fingerprint density at radius 1 is 1.43 bits per heavy atom. The number of carboxylic acids is 1. The first-order valence-electron chi connectivity index (χ1n) is 5.78. The SMILES string of the molecule is COc1ccc(Br)c(-c2cc(C(=O)O)on2)c1NC(C)=O. The molecule has 0 atom stereocenters. The lowest BCUT2D eigenvalue weighted by molar-refractivity contribution is -0.114. The first kappa shape index (κ1) is 15.0. The molecule has 0 spiro atoms. The van der Waals surface area contributed by atoms with Crippen LogP contribution >= 0.6 is 15.9 Å². The number of methoxy groups -OCH3 is 1. The van der Waals surface area contributed by atoms with Crippen LogP contribution in [0.3, 0.4) is 0 Å². The fourth-order valence-corrected chi connectivity index (χ4v) is 2.31. The third kappa shape index (κ3) is 3.05. The number of rotatable bonds is 4. The highest BCUT2D eigenvalue weighted by atomic mass is 79.9. The number of carbonyl (C=O) groups excluding carboxylic acids is 1. The van der Waals surface area contributed by atoms with Crippen molar-refractivity contribution in [3.05, 3.63) is 28.4 Å². The summed E-state index contributed by atoms with van der Waals surface area (Å²) in [6, 6.07) is 4.64. The van der Waals surface area contributed by atoms with Gasteiger partial charge in [0.1, 0.15) is 11.4 Å². The lowest BCUT2D eigenvalue weighted by Gasteiger charge is -2.14. The van der Waals surface area contributed by atoms with Crippen LogP contribution < -0.4 is 10.1 Å². The van der Waals surface area contributed by atoms with E-state index in [-0.39, 0.29) is 17.4 Å². The summed E-state index contributed by atoms with van der Waals surface area (Å²) in [6.07, 6.45) is 0. The molecule has 0 bridgehead atoms. The smallest absolute Gasteiger partial charge is 0.374 e. The molecule has 0 fully saturated rings. The van der Waals surface area contributed by atoms with Crippen molar-refractivity contribution >= 4 is 33.5 Å². The molecule has 1 aromatic carbocycles. The Kier molecular flexibility index (Phi) is 4.27. The zero-order chi connectivity index (χ0) is 15.6. The molecule has 0 aliphatic heterocycles. The van der Waals surface area contributed by atoms with Gasteiger partial charge in [-0.15, -0.1) is 0 Å². The van der Waals surface area contributed by atoms with Gasteiger partial charge in [-0.2, -0.15) is 0 Å². The second-order valence-corrected chi connectivity index (χ2v) is 4.92. The first-order valence-corrected chi connectivity index (χ1v) is 6.57. The fourth-order valence-electron chi connectivity index (χ4n) is 1.77. The van der Waals surface area contributed by atoms with Crippen LogP contribution in [0.2, 0.25) is 0 Å². The average molecular weight is 355 g/mol. The van der Waals surface area contributed by atoms with Crippen molar-refractivity contribution in [1.29, 1.82) is 0 Å². The summed E-state index contributed by atoms with van der Waals surface area (Å²) in [5.41, 5.74) is 1.12. The summed E-state index contributed by atoms with van der Waals surface area (Å²) >= 11 is 3.35. The molecule has 0 saturated carbocycles. The molecule has 2 aromatic rings. The van der Waals surface area contributed by atoms with Crippen LogP contribution in [0.25, 0.3) is 11.3 Å². The van der Waals surface area contributed by atoms with Crippen LogP contribution in [-0.4, -0.2) is 29.2 Å². The fraction of sp³-hybridized carbons (Fsp3) is 0.154. The molecule has 1 heterocycles. The minimum atomic E-state index is -1.23. The van der Waals surface area contributed by atoms with E-state index in [4.69, 9.17) is 14.4 Å². The van der Waals surface area contributed by atoms with Crippen molar-refractivity contribution in [2.75, 3.05) is 12.4 Å². The highest BCUT2D eigenvalue weighted by molar-refractivity contribution is 9.10. The van der Waals surface area contributed by atoms with Gasteiger partial charge in [-0.25, -0.2) is 4.79 Å². The normalized spacial score (nSPS) is 10.2. The molecule has 1 aromatic heterocycles. The van der Waals surface area contributed by atoms with E-state index in [1.165, 1.54) is 20.1 Å². The van der Waals surface area contributed by atoms with Crippen LogP contribution in [0.15, 0.2) is 27.2 Å². The third-order valence-corrected chi connectivity index (χ3v) is 3.28. The van der Waals surface area contributed by atoms with Crippen LogP contribution in [0.1, 0.15) is 17.5 Å². The standard InChI is InChI=1S/C13H11BrN2O5/c1-6(17)15-12-9(20-2)4-3-7(14)11(12)8-5-10(13(18)19)21-16-8/h3-5H,1-2H3,(H,15,17)(H,18,19). The molecule has 7 nitrogen and oxygen atoms in total. The molecule has 21 heavy (non-hydrogen) atoms. The van der Waals surface area contributed by atoms with Crippen molar-refractivity contribution in [3.63, 3.8) is 0 Å². The Bertz CT molecular complexity index is 711. The van der Waals surface area contributed by atoms with Gasteiger partial charge in [0.2, 0.25) is 11.7 Å². The van der Waals surface area contributed by atoms with Crippen LogP contribution in [0, 0.1) is 0 Å². The van der Waals surface area contributed by atoms with Gasteiger partial charge >= 0.3 is 5.97 Å². The molecule has 0 aliphatic rings. The molecule has 110 valence electrons. The average Bonchev–Trinajstić information content (AvgIpc) is 2.88. The van der Waals surface area contributed by atoms with Crippen molar-refractivity contribution in [3.8, 4) is 17.0 Å². The number of amides is 1. The van der Waals surface area contributed by atoms with Crippen LogP contribution in [-0.2, 0) is 4.79 Å². The molecule has 2 rings (SSSR count). The van der Waals surface area contributed by atoms with Crippen molar-refractivity contribution in [1.82, 2.24) is 5.16 Å². The first-order chi connectivity index (χ1) is 9.93. The van der Waals surface area contributed by atoms with Gasteiger partial charge in [-0.3, -0.25) is 4.79 Å². The highest BCUT2D eigenvalue weighted by Crippen LogP contribution is 2.40. The number of hydrogen-bond acceptors (Lipinski definition) is 5. The maximum absolute atomic E-state index is 11.4. The summed E-state index contributed by atoms with van der Waals surface area (Å²) in [5.74, 6) is -1.40. The summed E-state index contributed by atoms with van der Waals surface area (Å²) in [5, 5.41) is 15.3. The van der Waals surface area contributed by atoms with E-state index in [0.717, 1.165) is 0 Å². The predicted molar refractivity (Wildman–Crippen MR) is 77.5 cm³/mol. The molecule has 2 N–H and O–H groups in total. The lowest BCUT2D eigenvalue weighted by Crippen LogP contribution is -2.09. The molecule has 0 radical (unpaired) electrons. The van der Waals surface area contributed by atoms with Crippen LogP contribution in [0.5, 0.6) is 5.75 Å². The molecule has 0 unspecified atom stereocenters. The number of ether oxygens (including phenoxy) is 1. The monoisotopic (exact) mass is 354 g/mol. The minimum Gasteiger partial charge on any atom is -0.495 e. The molecule has 1 amide bonds. The molecule has 0 aliphatic carbocycles. The quantitative estimate of drug-likeness (QED) is 0.875. The number of aromatic carboxylic acids is 1. The van der Waals surface area contributed by atoms with Crippen molar-refractivity contribution in [2.24, 2.45) is 0 Å². The van der Waals surface area contributed by atoms with Gasteiger partial charge in [0.15, 0.2) is 0 Å². The number of aromatic nitrogens is 1. The number of nitrogens with zero attached hydrogens (tertiary/aromatic N) is 1. The minimum absolute atomic E-state index is 0.266. The zero-order valence-electron chi connectivity index (χ0n) is 11.1. The number of carboxylic acid groups (broad SMARTS) is 1. The van der Waals surface area contributed by atoms with Gasteiger partial charge < -0.3 is 19.7 Å². The Labute approximate surface area is 128 Å². The number of benzene rings is 1. The number of halogens is 1. The largest absolute Gasteiger partial charge is 0.495 e. The van der Waals surface area contributed by atoms with Crippen molar-refractivity contribution < 1.29 is 24.0 Å². The van der Waals surface area contributed by atoms with Crippen LogP contribution in [0.4, 0.5) is 5.69 Å². The van der Waals surface area contributed by atoms with Gasteiger partial charge in [0.25, 0.3) is 0 Å². The Balaban J connectivity index is 2.64. The lowest BCUT2D eigenvalue weighted by atomic mass is 10.1. The number of hydrogen-bond donors (Lipinski definition) is 2. The van der Waals surface area contributed by atoms with Gasteiger partial charge in [0, 0.05) is 23.0 Å². The van der Waals surface area contributed by atoms with Crippen molar-refractivity contribution in [2.45, 2.75) is 6.92 Å². The maximum atomic E-state index is 11.4. The Morgan fingerprint density at radius 3 is 2.67 bits per heavy atom. The molecule has 0 saturated heterocycles. The number of anilines is 1. The molecular weight excluding hydrogens is 344 g/mol. The Hall–Kier alpha value is -2.35. The van der Waals surface area contributed by atoms with E-state index >= 15 is 0 Å². The third-order valence-electron chi connectivity index (χ3n) is 2.61. The van der Waals surface area contributed by atoms with E-state index in [1.54, 1.807) is 12.1 Å². The topological polar surface area (TPSA) is 102 Å². The van der Waals surface area contributed by atoms with Gasteiger partial charge in [-0.05, 0) is 12.1 Å². The second-order valence-electron chi connectivity index (χ2n) is 4.06. The summed E-state index contributed by atoms with van der Waals surface area (Å²) < 4.78 is 10.6. The van der Waals surface area contributed by atoms with E-state index < -0.39 is 5.97 Å². The summed E-state index contributed by atoms with van der Waals surface area (Å²) in [4.78, 5) is 22.2. The molecule has 8 heteroatoms. The van der Waals surface area contributed by atoms with E-state index in [2.05, 4.69) is 26.4 Å².